The number of nitrogens with one attached hydrogen (secondary N) is 1. The Kier molecular flexibility index (Phi) is 6.57. The maximum Gasteiger partial charge on any atom is 0.174 e. The van der Waals surface area contributed by atoms with Crippen LogP contribution in [0.1, 0.15) is 29.0 Å². The van der Waals surface area contributed by atoms with Crippen LogP contribution in [0, 0.1) is 13.8 Å². The Morgan fingerprint density at radius 2 is 2.13 bits per heavy atom. The van der Waals surface area contributed by atoms with E-state index in [1.807, 2.05) is 0 Å². The molecule has 23 heavy (non-hydrogen) atoms. The van der Waals surface area contributed by atoms with Gasteiger partial charge in [-0.1, -0.05) is 18.2 Å². The summed E-state index contributed by atoms with van der Waals surface area (Å²) in [7, 11) is 1.72. The first-order chi connectivity index (χ1) is 11.0. The number of anilines is 1. The Morgan fingerprint density at radius 1 is 1.35 bits per heavy atom. The molecule has 0 aliphatic carbocycles. The Morgan fingerprint density at radius 3 is 2.78 bits per heavy atom. The molecule has 0 fully saturated rings. The summed E-state index contributed by atoms with van der Waals surface area (Å²) in [6, 6.07) is 10.8. The first-order valence-electron chi connectivity index (χ1n) is 7.70. The third kappa shape index (κ3) is 4.77. The number of hydrogen-bond acceptors (Lipinski definition) is 3. The number of nitrogens with zero attached hydrogens (tertiary/aromatic N) is 1. The van der Waals surface area contributed by atoms with Crippen LogP contribution in [0.4, 0.5) is 5.69 Å². The van der Waals surface area contributed by atoms with Crippen molar-refractivity contribution < 1.29 is 4.74 Å². The molecule has 0 aliphatic rings. The number of rotatable bonds is 6. The average Bonchev–Trinajstić information content (AvgIpc) is 3.05. The molecule has 1 unspecified atom stereocenters. The van der Waals surface area contributed by atoms with Gasteiger partial charge in [-0.15, -0.1) is 11.3 Å². The first kappa shape index (κ1) is 17.9. The molecule has 0 saturated heterocycles. The van der Waals surface area contributed by atoms with E-state index < -0.39 is 0 Å². The summed E-state index contributed by atoms with van der Waals surface area (Å²) in [5.74, 6) is 0. The van der Waals surface area contributed by atoms with Crippen LogP contribution in [-0.4, -0.2) is 30.3 Å². The van der Waals surface area contributed by atoms with Crippen molar-refractivity contribution in [3.05, 3.63) is 51.7 Å². The molecule has 1 aromatic heterocycles. The fourth-order valence-corrected chi connectivity index (χ4v) is 3.56. The quantitative estimate of drug-likeness (QED) is 0.760. The largest absolute Gasteiger partial charge is 0.383 e. The van der Waals surface area contributed by atoms with Gasteiger partial charge in [0.05, 0.1) is 12.6 Å². The van der Waals surface area contributed by atoms with E-state index in [0.717, 1.165) is 17.3 Å². The molecular formula is C18H24N2OS2. The van der Waals surface area contributed by atoms with Crippen LogP contribution < -0.4 is 5.32 Å². The van der Waals surface area contributed by atoms with Gasteiger partial charge in [-0.2, -0.15) is 0 Å². The number of ether oxygens (including phenoxy) is 1. The van der Waals surface area contributed by atoms with Crippen molar-refractivity contribution in [2.45, 2.75) is 26.8 Å². The number of hydrogen-bond donors (Lipinski definition) is 1. The van der Waals surface area contributed by atoms with Gasteiger partial charge in [-0.3, -0.25) is 0 Å². The zero-order chi connectivity index (χ0) is 16.8. The van der Waals surface area contributed by atoms with Crippen LogP contribution in [0.5, 0.6) is 0 Å². The molecule has 0 spiro atoms. The lowest BCUT2D eigenvalue weighted by Crippen LogP contribution is -2.39. The van der Waals surface area contributed by atoms with Gasteiger partial charge < -0.3 is 15.0 Å². The second kappa shape index (κ2) is 8.43. The smallest absolute Gasteiger partial charge is 0.174 e. The maximum absolute atomic E-state index is 5.69. The highest BCUT2D eigenvalue weighted by molar-refractivity contribution is 7.80. The summed E-state index contributed by atoms with van der Waals surface area (Å²) >= 11 is 7.44. The number of benzene rings is 1. The third-order valence-electron chi connectivity index (χ3n) is 3.85. The highest BCUT2D eigenvalue weighted by Crippen LogP contribution is 2.26. The molecule has 0 saturated carbocycles. The average molecular weight is 349 g/mol. The fraction of sp³-hybridized carbons (Fsp3) is 0.389. The van der Waals surface area contributed by atoms with Crippen LogP contribution in [0.25, 0.3) is 0 Å². The second-order valence-electron chi connectivity index (χ2n) is 5.63. The predicted octanol–water partition coefficient (Wildman–Crippen LogP) is 4.77. The van der Waals surface area contributed by atoms with Gasteiger partial charge in [0.15, 0.2) is 5.11 Å². The lowest BCUT2D eigenvalue weighted by atomic mass is 10.1. The molecule has 0 aliphatic heterocycles. The molecule has 0 bridgehead atoms. The van der Waals surface area contributed by atoms with E-state index in [0.29, 0.717) is 6.61 Å². The molecule has 0 amide bonds. The Labute approximate surface area is 148 Å². The summed E-state index contributed by atoms with van der Waals surface area (Å²) < 4.78 is 5.26. The normalized spacial score (nSPS) is 12.0. The number of thiophene rings is 1. The van der Waals surface area contributed by atoms with Crippen molar-refractivity contribution in [2.24, 2.45) is 0 Å². The van der Waals surface area contributed by atoms with Gasteiger partial charge >= 0.3 is 0 Å². The number of methoxy groups -OCH3 is 1. The van der Waals surface area contributed by atoms with Gasteiger partial charge in [0.2, 0.25) is 0 Å². The van der Waals surface area contributed by atoms with Crippen LogP contribution >= 0.6 is 23.6 Å². The van der Waals surface area contributed by atoms with Crippen LogP contribution in [0.15, 0.2) is 35.7 Å². The lowest BCUT2D eigenvalue weighted by Gasteiger charge is -2.31. The predicted molar refractivity (Wildman–Crippen MR) is 103 cm³/mol. The molecule has 2 rings (SSSR count). The van der Waals surface area contributed by atoms with E-state index in [2.05, 4.69) is 66.7 Å². The van der Waals surface area contributed by atoms with Crippen LogP contribution in [-0.2, 0) is 4.74 Å². The SMILES string of the molecule is COCCN(C(=S)Nc1cc(C)ccc1C)C(C)c1cccs1. The van der Waals surface area contributed by atoms with Crippen molar-refractivity contribution in [2.75, 3.05) is 25.6 Å². The molecular weight excluding hydrogens is 324 g/mol. The van der Waals surface area contributed by atoms with Gasteiger partial charge in [-0.05, 0) is 61.6 Å². The molecule has 1 aromatic carbocycles. The zero-order valence-corrected chi connectivity index (χ0v) is 15.8. The second-order valence-corrected chi connectivity index (χ2v) is 6.99. The summed E-state index contributed by atoms with van der Waals surface area (Å²) in [6.45, 7) is 7.76. The van der Waals surface area contributed by atoms with Crippen molar-refractivity contribution in [3.63, 3.8) is 0 Å². The summed E-state index contributed by atoms with van der Waals surface area (Å²) in [5.41, 5.74) is 3.47. The van der Waals surface area contributed by atoms with Crippen LogP contribution in [0.3, 0.4) is 0 Å². The fourth-order valence-electron chi connectivity index (χ4n) is 2.40. The first-order valence-corrected chi connectivity index (χ1v) is 8.99. The molecule has 124 valence electrons. The van der Waals surface area contributed by atoms with Gasteiger partial charge in [0.1, 0.15) is 0 Å². The standard InChI is InChI=1S/C18H24N2OS2/c1-13-7-8-14(2)16(12-13)19-18(22)20(9-10-21-4)15(3)17-6-5-11-23-17/h5-8,11-12,15H,9-10H2,1-4H3,(H,19,22). The van der Waals surface area contributed by atoms with Crippen LogP contribution in [0.2, 0.25) is 0 Å². The van der Waals surface area contributed by atoms with Gasteiger partial charge in [0.25, 0.3) is 0 Å². The van der Waals surface area contributed by atoms with E-state index in [9.17, 15) is 0 Å². The summed E-state index contributed by atoms with van der Waals surface area (Å²) in [6.07, 6.45) is 0. The molecule has 0 radical (unpaired) electrons. The minimum Gasteiger partial charge on any atom is -0.383 e. The zero-order valence-electron chi connectivity index (χ0n) is 14.1. The van der Waals surface area contributed by atoms with Crippen molar-refractivity contribution in [3.8, 4) is 0 Å². The van der Waals surface area contributed by atoms with Crippen molar-refractivity contribution in [1.29, 1.82) is 0 Å². The van der Waals surface area contributed by atoms with Crippen molar-refractivity contribution >= 4 is 34.4 Å². The Bertz CT molecular complexity index is 640. The van der Waals surface area contributed by atoms with Gasteiger partial charge in [0, 0.05) is 24.2 Å². The minimum absolute atomic E-state index is 0.218. The lowest BCUT2D eigenvalue weighted by molar-refractivity contribution is 0.166. The van der Waals surface area contributed by atoms with E-state index in [1.54, 1.807) is 18.4 Å². The van der Waals surface area contributed by atoms with E-state index >= 15 is 0 Å². The Hall–Kier alpha value is -1.43. The highest BCUT2D eigenvalue weighted by atomic mass is 32.1. The summed E-state index contributed by atoms with van der Waals surface area (Å²) in [5, 5.41) is 6.24. The number of aryl methyl sites for hydroxylation is 2. The molecule has 5 heteroatoms. The summed E-state index contributed by atoms with van der Waals surface area (Å²) in [4.78, 5) is 3.48. The molecule has 1 heterocycles. The highest BCUT2D eigenvalue weighted by Gasteiger charge is 2.19. The van der Waals surface area contributed by atoms with E-state index in [-0.39, 0.29) is 6.04 Å². The van der Waals surface area contributed by atoms with Gasteiger partial charge in [-0.25, -0.2) is 0 Å². The minimum atomic E-state index is 0.218. The topological polar surface area (TPSA) is 24.5 Å². The molecule has 2 aromatic rings. The van der Waals surface area contributed by atoms with Crippen molar-refractivity contribution in [1.82, 2.24) is 4.90 Å². The third-order valence-corrected chi connectivity index (χ3v) is 5.23. The van der Waals surface area contributed by atoms with E-state index in [4.69, 9.17) is 17.0 Å². The monoisotopic (exact) mass is 348 g/mol. The molecule has 3 nitrogen and oxygen atoms in total. The van der Waals surface area contributed by atoms with E-state index in [1.165, 1.54) is 16.0 Å². The maximum atomic E-state index is 5.69. The Balaban J connectivity index is 2.17. The number of thiocarbonyl (C=S) groups is 1. The molecule has 1 atom stereocenters. The molecule has 1 N–H and O–H groups in total.